The van der Waals surface area contributed by atoms with Crippen LogP contribution in [0.1, 0.15) is 25.5 Å². The molecule has 1 N–H and O–H groups in total. The number of hydrogen-bond donors (Lipinski definition) is 1. The van der Waals surface area contributed by atoms with E-state index in [-0.39, 0.29) is 11.5 Å². The first kappa shape index (κ1) is 12.5. The third-order valence-corrected chi connectivity index (χ3v) is 4.49. The van der Waals surface area contributed by atoms with Crippen molar-refractivity contribution in [2.45, 2.75) is 38.9 Å². The minimum atomic E-state index is -2.93. The van der Waals surface area contributed by atoms with Crippen molar-refractivity contribution in [3.05, 3.63) is 11.9 Å². The molecule has 96 valence electrons. The van der Waals surface area contributed by atoms with Crippen LogP contribution in [0, 0.1) is 0 Å². The second kappa shape index (κ2) is 5.14. The lowest BCUT2D eigenvalue weighted by Gasteiger charge is -2.00. The normalized spacial score (nSPS) is 16.3. The van der Waals surface area contributed by atoms with Crippen molar-refractivity contribution in [3.63, 3.8) is 0 Å². The van der Waals surface area contributed by atoms with Crippen molar-refractivity contribution in [2.24, 2.45) is 0 Å². The fourth-order valence-corrected chi connectivity index (χ4v) is 2.20. The minimum absolute atomic E-state index is 0.127. The van der Waals surface area contributed by atoms with E-state index in [2.05, 4.69) is 15.6 Å². The molecule has 6 nitrogen and oxygen atoms in total. The van der Waals surface area contributed by atoms with Crippen LogP contribution in [0.2, 0.25) is 0 Å². The number of nitrogens with one attached hydrogen (secondary N) is 1. The molecule has 1 aliphatic carbocycles. The third-order valence-electron chi connectivity index (χ3n) is 2.81. The smallest absolute Gasteiger partial charge is 0.151 e. The van der Waals surface area contributed by atoms with Crippen molar-refractivity contribution in [3.8, 4) is 0 Å². The topological polar surface area (TPSA) is 76.9 Å². The number of nitrogens with zero attached hydrogens (tertiary/aromatic N) is 3. The van der Waals surface area contributed by atoms with Gasteiger partial charge in [-0.15, -0.1) is 5.10 Å². The Balaban J connectivity index is 1.80. The maximum absolute atomic E-state index is 11.3. The summed E-state index contributed by atoms with van der Waals surface area (Å²) in [7, 11) is -2.93. The van der Waals surface area contributed by atoms with E-state index in [0.717, 1.165) is 5.69 Å². The molecule has 0 aliphatic heterocycles. The van der Waals surface area contributed by atoms with Gasteiger partial charge in [-0.25, -0.2) is 8.42 Å². The molecule has 0 bridgehead atoms. The lowest BCUT2D eigenvalue weighted by Crippen LogP contribution is -2.16. The van der Waals surface area contributed by atoms with Gasteiger partial charge in [-0.3, -0.25) is 4.68 Å². The second-order valence-electron chi connectivity index (χ2n) is 4.36. The van der Waals surface area contributed by atoms with Crippen LogP contribution >= 0.6 is 0 Å². The highest BCUT2D eigenvalue weighted by atomic mass is 32.2. The summed E-state index contributed by atoms with van der Waals surface area (Å²) >= 11 is 0. The molecule has 0 spiro atoms. The molecular formula is C10H18N4O2S. The Labute approximate surface area is 101 Å². The average molecular weight is 258 g/mol. The summed E-state index contributed by atoms with van der Waals surface area (Å²) < 4.78 is 24.3. The van der Waals surface area contributed by atoms with E-state index >= 15 is 0 Å². The van der Waals surface area contributed by atoms with Crippen LogP contribution in [0.3, 0.4) is 0 Å². The van der Waals surface area contributed by atoms with Crippen LogP contribution in [-0.4, -0.2) is 41.0 Å². The lowest BCUT2D eigenvalue weighted by atomic mass is 10.4. The van der Waals surface area contributed by atoms with E-state index in [1.807, 2.05) is 0 Å². The molecular weight excluding hydrogens is 240 g/mol. The summed E-state index contributed by atoms with van der Waals surface area (Å²) in [5.41, 5.74) is 0.866. The maximum Gasteiger partial charge on any atom is 0.151 e. The molecule has 0 aromatic carbocycles. The molecule has 1 aromatic rings. The van der Waals surface area contributed by atoms with Gasteiger partial charge in [0.05, 0.1) is 18.0 Å². The van der Waals surface area contributed by atoms with Crippen LogP contribution in [0.4, 0.5) is 0 Å². The first-order valence-electron chi connectivity index (χ1n) is 5.92. The van der Waals surface area contributed by atoms with E-state index < -0.39 is 9.84 Å². The Bertz CT molecular complexity index is 464. The van der Waals surface area contributed by atoms with Gasteiger partial charge in [0.15, 0.2) is 9.84 Å². The van der Waals surface area contributed by atoms with E-state index in [0.29, 0.717) is 19.1 Å². The molecule has 1 saturated carbocycles. The molecule has 1 aromatic heterocycles. The Hall–Kier alpha value is -0.950. The Morgan fingerprint density at radius 3 is 2.94 bits per heavy atom. The van der Waals surface area contributed by atoms with Gasteiger partial charge in [-0.05, 0) is 12.8 Å². The zero-order valence-electron chi connectivity index (χ0n) is 9.96. The predicted molar refractivity (Wildman–Crippen MR) is 64.2 cm³/mol. The van der Waals surface area contributed by atoms with Crippen molar-refractivity contribution in [2.75, 3.05) is 11.5 Å². The fraction of sp³-hybridized carbons (Fsp3) is 0.800. The van der Waals surface area contributed by atoms with E-state index in [1.54, 1.807) is 17.8 Å². The minimum Gasteiger partial charge on any atom is -0.308 e. The average Bonchev–Trinajstić information content (AvgIpc) is 3.03. The Morgan fingerprint density at radius 2 is 2.29 bits per heavy atom. The van der Waals surface area contributed by atoms with Crippen molar-refractivity contribution in [1.82, 2.24) is 20.3 Å². The summed E-state index contributed by atoms with van der Waals surface area (Å²) in [6.07, 6.45) is 4.28. The Kier molecular flexibility index (Phi) is 3.78. The van der Waals surface area contributed by atoms with E-state index in [4.69, 9.17) is 0 Å². The van der Waals surface area contributed by atoms with Gasteiger partial charge < -0.3 is 5.32 Å². The molecule has 0 atom stereocenters. The number of hydrogen-bond acceptors (Lipinski definition) is 5. The zero-order valence-corrected chi connectivity index (χ0v) is 10.8. The van der Waals surface area contributed by atoms with Crippen molar-refractivity contribution in [1.29, 1.82) is 0 Å². The number of sulfone groups is 1. The van der Waals surface area contributed by atoms with E-state index in [1.165, 1.54) is 12.8 Å². The monoisotopic (exact) mass is 258 g/mol. The maximum atomic E-state index is 11.3. The summed E-state index contributed by atoms with van der Waals surface area (Å²) in [6.45, 7) is 2.75. The van der Waals surface area contributed by atoms with Crippen molar-refractivity contribution >= 4 is 9.84 Å². The van der Waals surface area contributed by atoms with E-state index in [9.17, 15) is 8.42 Å². The number of rotatable bonds is 7. The van der Waals surface area contributed by atoms with Crippen LogP contribution in [-0.2, 0) is 22.9 Å². The van der Waals surface area contributed by atoms with Gasteiger partial charge >= 0.3 is 0 Å². The van der Waals surface area contributed by atoms with Crippen LogP contribution in [0.5, 0.6) is 0 Å². The highest BCUT2D eigenvalue weighted by molar-refractivity contribution is 7.91. The molecule has 1 fully saturated rings. The standard InChI is InChI=1S/C10H18N4O2S/c1-2-17(15,16)6-5-14-8-10(12-13-14)7-11-9-3-4-9/h8-9,11H,2-7H2,1H3. The number of aromatic nitrogens is 3. The molecule has 0 amide bonds. The molecule has 2 rings (SSSR count). The highest BCUT2D eigenvalue weighted by Crippen LogP contribution is 2.18. The van der Waals surface area contributed by atoms with Gasteiger partial charge in [0.2, 0.25) is 0 Å². The first-order valence-corrected chi connectivity index (χ1v) is 7.74. The van der Waals surface area contributed by atoms with Gasteiger partial charge in [-0.1, -0.05) is 12.1 Å². The van der Waals surface area contributed by atoms with Gasteiger partial charge in [0, 0.05) is 24.5 Å². The molecule has 0 radical (unpaired) electrons. The first-order chi connectivity index (χ1) is 8.09. The fourth-order valence-electron chi connectivity index (χ4n) is 1.44. The highest BCUT2D eigenvalue weighted by Gasteiger charge is 2.20. The molecule has 0 saturated heterocycles. The van der Waals surface area contributed by atoms with Crippen LogP contribution in [0.15, 0.2) is 6.20 Å². The van der Waals surface area contributed by atoms with Gasteiger partial charge in [0.1, 0.15) is 0 Å². The van der Waals surface area contributed by atoms with Gasteiger partial charge in [-0.2, -0.15) is 0 Å². The molecule has 1 heterocycles. The molecule has 0 unspecified atom stereocenters. The number of aryl methyl sites for hydroxylation is 1. The lowest BCUT2D eigenvalue weighted by molar-refractivity contribution is 0.576. The summed E-state index contributed by atoms with van der Waals surface area (Å²) in [5, 5.41) is 11.2. The van der Waals surface area contributed by atoms with Crippen LogP contribution in [0.25, 0.3) is 0 Å². The largest absolute Gasteiger partial charge is 0.308 e. The molecule has 1 aliphatic rings. The summed E-state index contributed by atoms with van der Waals surface area (Å²) in [6, 6.07) is 0.639. The zero-order chi connectivity index (χ0) is 12.3. The van der Waals surface area contributed by atoms with Crippen molar-refractivity contribution < 1.29 is 8.42 Å². The third kappa shape index (κ3) is 4.08. The molecule has 17 heavy (non-hydrogen) atoms. The van der Waals surface area contributed by atoms with Crippen LogP contribution < -0.4 is 5.32 Å². The van der Waals surface area contributed by atoms with Gasteiger partial charge in [0.25, 0.3) is 0 Å². The quantitative estimate of drug-likeness (QED) is 0.743. The SMILES string of the molecule is CCS(=O)(=O)CCn1cc(CNC2CC2)nn1. The molecule has 7 heteroatoms. The summed E-state index contributed by atoms with van der Waals surface area (Å²) in [5.74, 6) is 0.306. The Morgan fingerprint density at radius 1 is 1.53 bits per heavy atom. The summed E-state index contributed by atoms with van der Waals surface area (Å²) in [4.78, 5) is 0. The predicted octanol–water partition coefficient (Wildman–Crippen LogP) is -0.0352. The second-order valence-corrected chi connectivity index (χ2v) is 6.84.